The van der Waals surface area contributed by atoms with E-state index in [9.17, 15) is 9.90 Å². The van der Waals surface area contributed by atoms with Crippen LogP contribution in [0.1, 0.15) is 11.8 Å². The fraction of sp³-hybridized carbons (Fsp3) is 0.312. The van der Waals surface area contributed by atoms with Gasteiger partial charge in [0.2, 0.25) is 0 Å². The maximum Gasteiger partial charge on any atom is 0.407 e. The van der Waals surface area contributed by atoms with Gasteiger partial charge in [-0.3, -0.25) is 4.90 Å². The van der Waals surface area contributed by atoms with Crippen molar-refractivity contribution in [2.75, 3.05) is 13.7 Å². The van der Waals surface area contributed by atoms with Gasteiger partial charge < -0.3 is 14.6 Å². The molecule has 3 rings (SSSR count). The van der Waals surface area contributed by atoms with Gasteiger partial charge in [-0.15, -0.1) is 11.3 Å². The summed E-state index contributed by atoms with van der Waals surface area (Å²) in [5.74, 6) is 1.57. The number of methoxy groups -OCH3 is 1. The van der Waals surface area contributed by atoms with Crippen molar-refractivity contribution >= 4 is 17.4 Å². The second-order valence-corrected chi connectivity index (χ2v) is 6.19. The molecule has 6 heteroatoms. The minimum atomic E-state index is -0.917. The molecule has 1 N–H and O–H groups in total. The summed E-state index contributed by atoms with van der Waals surface area (Å²) in [7, 11) is 1.64. The highest BCUT2D eigenvalue weighted by Gasteiger charge is 2.27. The summed E-state index contributed by atoms with van der Waals surface area (Å²) in [6.45, 7) is 2.62. The average Bonchev–Trinajstić information content (AvgIpc) is 2.80. The highest BCUT2D eigenvalue weighted by Crippen LogP contribution is 2.41. The van der Waals surface area contributed by atoms with Crippen LogP contribution in [0.3, 0.4) is 0 Å². The zero-order chi connectivity index (χ0) is 15.7. The number of benzene rings is 1. The van der Waals surface area contributed by atoms with Gasteiger partial charge >= 0.3 is 6.09 Å². The van der Waals surface area contributed by atoms with Crippen molar-refractivity contribution in [3.05, 3.63) is 34.5 Å². The highest BCUT2D eigenvalue weighted by atomic mass is 32.1. The van der Waals surface area contributed by atoms with Gasteiger partial charge in [-0.1, -0.05) is 12.1 Å². The molecule has 1 aromatic heterocycles. The Morgan fingerprint density at radius 1 is 1.50 bits per heavy atom. The summed E-state index contributed by atoms with van der Waals surface area (Å²) in [4.78, 5) is 13.6. The van der Waals surface area contributed by atoms with Crippen molar-refractivity contribution < 1.29 is 19.4 Å². The number of carbonyl (C=O) groups is 1. The third kappa shape index (κ3) is 2.74. The maximum absolute atomic E-state index is 11.3. The Morgan fingerprint density at radius 3 is 3.05 bits per heavy atom. The molecule has 0 bridgehead atoms. The Morgan fingerprint density at radius 2 is 2.32 bits per heavy atom. The topological polar surface area (TPSA) is 59.0 Å². The van der Waals surface area contributed by atoms with Crippen LogP contribution in [0.25, 0.3) is 11.1 Å². The van der Waals surface area contributed by atoms with Crippen LogP contribution in [-0.2, 0) is 6.54 Å². The fourth-order valence-corrected chi connectivity index (χ4v) is 3.55. The fourth-order valence-electron chi connectivity index (χ4n) is 2.55. The van der Waals surface area contributed by atoms with E-state index in [2.05, 4.69) is 0 Å². The van der Waals surface area contributed by atoms with E-state index in [0.29, 0.717) is 13.1 Å². The third-order valence-corrected chi connectivity index (χ3v) is 4.55. The molecule has 22 heavy (non-hydrogen) atoms. The van der Waals surface area contributed by atoms with Gasteiger partial charge in [0.15, 0.2) is 0 Å². The van der Waals surface area contributed by atoms with E-state index in [1.807, 2.05) is 36.6 Å². The minimum Gasteiger partial charge on any atom is -0.497 e. The van der Waals surface area contributed by atoms with Gasteiger partial charge in [-0.05, 0) is 24.6 Å². The second-order valence-electron chi connectivity index (χ2n) is 5.23. The number of amides is 1. The molecule has 1 amide bonds. The first-order chi connectivity index (χ1) is 10.6. The van der Waals surface area contributed by atoms with Crippen LogP contribution in [-0.4, -0.2) is 35.9 Å². The van der Waals surface area contributed by atoms with E-state index in [1.165, 1.54) is 16.2 Å². The molecule has 1 aliphatic rings. The number of nitrogens with zero attached hydrogens (tertiary/aromatic N) is 1. The predicted octanol–water partition coefficient (Wildman–Crippen LogP) is 3.68. The second kappa shape index (κ2) is 5.88. The van der Waals surface area contributed by atoms with Crippen molar-refractivity contribution in [3.63, 3.8) is 0 Å². The number of hydrogen-bond acceptors (Lipinski definition) is 4. The van der Waals surface area contributed by atoms with Crippen molar-refractivity contribution in [1.29, 1.82) is 0 Å². The molecular weight excluding hydrogens is 302 g/mol. The molecule has 2 aromatic rings. The molecule has 1 aromatic carbocycles. The number of hydrogen-bond donors (Lipinski definition) is 1. The first-order valence-corrected chi connectivity index (χ1v) is 7.85. The molecule has 0 aliphatic carbocycles. The maximum atomic E-state index is 11.3. The monoisotopic (exact) mass is 319 g/mol. The van der Waals surface area contributed by atoms with Crippen LogP contribution in [0.4, 0.5) is 4.79 Å². The summed E-state index contributed by atoms with van der Waals surface area (Å²) in [6, 6.07) is 7.78. The summed E-state index contributed by atoms with van der Waals surface area (Å²) in [5.41, 5.74) is 1.99. The molecule has 116 valence electrons. The Labute approximate surface area is 132 Å². The lowest BCUT2D eigenvalue weighted by atomic mass is 10.1. The highest BCUT2D eigenvalue weighted by molar-refractivity contribution is 7.10. The summed E-state index contributed by atoms with van der Waals surface area (Å²) in [6.07, 6.45) is -1.10. The number of rotatable bonds is 2. The summed E-state index contributed by atoms with van der Waals surface area (Å²) >= 11 is 1.53. The quantitative estimate of drug-likeness (QED) is 0.917. The van der Waals surface area contributed by atoms with Crippen molar-refractivity contribution in [2.24, 2.45) is 0 Å². The molecule has 0 saturated carbocycles. The number of carboxylic acid groups (broad SMARTS) is 1. The van der Waals surface area contributed by atoms with E-state index in [-0.39, 0.29) is 6.10 Å². The first-order valence-electron chi connectivity index (χ1n) is 6.98. The Bertz CT molecular complexity index is 697. The van der Waals surface area contributed by atoms with Gasteiger partial charge in [0.25, 0.3) is 0 Å². The van der Waals surface area contributed by atoms with Crippen molar-refractivity contribution in [2.45, 2.75) is 19.6 Å². The molecule has 2 heterocycles. The number of fused-ring (bicyclic) bond motifs is 1. The SMILES string of the molecule is COc1cccc(-c2csc3c2OC(C)CN(C(=O)O)C3)c1. The van der Waals surface area contributed by atoms with Crippen molar-refractivity contribution in [3.8, 4) is 22.6 Å². The smallest absolute Gasteiger partial charge is 0.407 e. The largest absolute Gasteiger partial charge is 0.497 e. The lowest BCUT2D eigenvalue weighted by Crippen LogP contribution is -2.34. The molecule has 0 saturated heterocycles. The zero-order valence-electron chi connectivity index (χ0n) is 12.4. The van der Waals surface area contributed by atoms with E-state index in [1.54, 1.807) is 7.11 Å². The van der Waals surface area contributed by atoms with Gasteiger partial charge in [0.1, 0.15) is 17.6 Å². The summed E-state index contributed by atoms with van der Waals surface area (Å²) in [5, 5.41) is 11.3. The van der Waals surface area contributed by atoms with Crippen LogP contribution in [0.2, 0.25) is 0 Å². The number of thiophene rings is 1. The normalized spacial score (nSPS) is 17.4. The first kappa shape index (κ1) is 14.7. The van der Waals surface area contributed by atoms with E-state index in [4.69, 9.17) is 9.47 Å². The molecule has 0 radical (unpaired) electrons. The van der Waals surface area contributed by atoms with E-state index in [0.717, 1.165) is 27.5 Å². The van der Waals surface area contributed by atoms with Gasteiger partial charge in [-0.25, -0.2) is 4.79 Å². The molecule has 0 fully saturated rings. The van der Waals surface area contributed by atoms with Crippen LogP contribution in [0.15, 0.2) is 29.6 Å². The Hall–Kier alpha value is -2.21. The lowest BCUT2D eigenvalue weighted by Gasteiger charge is -2.18. The van der Waals surface area contributed by atoms with Crippen molar-refractivity contribution in [1.82, 2.24) is 4.90 Å². The average molecular weight is 319 g/mol. The number of ether oxygens (including phenoxy) is 2. The molecule has 1 atom stereocenters. The van der Waals surface area contributed by atoms with Crippen LogP contribution >= 0.6 is 11.3 Å². The molecular formula is C16H17NO4S. The molecule has 1 aliphatic heterocycles. The van der Waals surface area contributed by atoms with Crippen LogP contribution in [0.5, 0.6) is 11.5 Å². The third-order valence-electron chi connectivity index (χ3n) is 3.60. The predicted molar refractivity (Wildman–Crippen MR) is 84.8 cm³/mol. The minimum absolute atomic E-state index is 0.184. The standard InChI is InChI=1S/C16H17NO4S/c1-10-7-17(16(18)19)8-14-15(21-10)13(9-22-14)11-4-3-5-12(6-11)20-2/h3-6,9-10H,7-8H2,1-2H3,(H,18,19). The van der Waals surface area contributed by atoms with Crippen LogP contribution in [0, 0.1) is 0 Å². The van der Waals surface area contributed by atoms with Gasteiger partial charge in [0.05, 0.1) is 25.1 Å². The van der Waals surface area contributed by atoms with E-state index >= 15 is 0 Å². The summed E-state index contributed by atoms with van der Waals surface area (Å²) < 4.78 is 11.3. The zero-order valence-corrected chi connectivity index (χ0v) is 13.2. The van der Waals surface area contributed by atoms with Gasteiger partial charge in [0, 0.05) is 10.9 Å². The van der Waals surface area contributed by atoms with Gasteiger partial charge in [-0.2, -0.15) is 0 Å². The Balaban J connectivity index is 2.01. The lowest BCUT2D eigenvalue weighted by molar-refractivity contribution is 0.121. The van der Waals surface area contributed by atoms with E-state index < -0.39 is 6.09 Å². The molecule has 0 spiro atoms. The molecule has 5 nitrogen and oxygen atoms in total. The Kier molecular flexibility index (Phi) is 3.94. The molecule has 1 unspecified atom stereocenters. The van der Waals surface area contributed by atoms with Crippen LogP contribution < -0.4 is 9.47 Å².